The van der Waals surface area contributed by atoms with Gasteiger partial charge < -0.3 is 0 Å². The molecular weight excluding hydrogens is 256 g/mol. The van der Waals surface area contributed by atoms with E-state index in [4.69, 9.17) is 0 Å². The van der Waals surface area contributed by atoms with Crippen molar-refractivity contribution in [2.24, 2.45) is 10.9 Å². The van der Waals surface area contributed by atoms with Gasteiger partial charge in [0, 0.05) is 24.2 Å². The lowest BCUT2D eigenvalue weighted by molar-refractivity contribution is -0.120. The summed E-state index contributed by atoms with van der Waals surface area (Å²) in [7, 11) is 0. The molecule has 0 N–H and O–H groups in total. The molecule has 1 aromatic rings. The number of nitrogens with zero attached hydrogens (tertiary/aromatic N) is 2. The van der Waals surface area contributed by atoms with Gasteiger partial charge in [-0.25, -0.2) is 4.99 Å². The van der Waals surface area contributed by atoms with E-state index in [1.165, 1.54) is 0 Å². The van der Waals surface area contributed by atoms with Gasteiger partial charge in [-0.2, -0.15) is 0 Å². The van der Waals surface area contributed by atoms with Crippen LogP contribution in [0.15, 0.2) is 29.4 Å². The molecule has 2 heterocycles. The molecule has 0 bridgehead atoms. The van der Waals surface area contributed by atoms with Crippen LogP contribution in [-0.4, -0.2) is 20.7 Å². The maximum Gasteiger partial charge on any atom is 0.263 e. The third kappa shape index (κ3) is 2.89. The molecule has 0 saturated carbocycles. The molecular formula is C15H20N2OS. The molecule has 1 aromatic heterocycles. The van der Waals surface area contributed by atoms with Crippen molar-refractivity contribution >= 4 is 22.7 Å². The Kier molecular flexibility index (Phi) is 4.09. The molecule has 0 spiro atoms. The summed E-state index contributed by atoms with van der Waals surface area (Å²) in [5, 5.41) is 0.944. The summed E-state index contributed by atoms with van der Waals surface area (Å²) >= 11 is 1.62. The van der Waals surface area contributed by atoms with Crippen molar-refractivity contribution in [3.63, 3.8) is 0 Å². The van der Waals surface area contributed by atoms with E-state index in [1.807, 2.05) is 25.1 Å². The molecule has 0 saturated heterocycles. The highest BCUT2D eigenvalue weighted by Gasteiger charge is 2.43. The van der Waals surface area contributed by atoms with Crippen molar-refractivity contribution in [2.75, 3.05) is 0 Å². The number of hydrogen-bond donors (Lipinski definition) is 0. The molecule has 2 rings (SSSR count). The average molecular weight is 276 g/mol. The minimum Gasteiger partial charge on any atom is -0.271 e. The fourth-order valence-corrected chi connectivity index (χ4v) is 3.34. The smallest absolute Gasteiger partial charge is 0.263 e. The zero-order chi connectivity index (χ0) is 14.0. The summed E-state index contributed by atoms with van der Waals surface area (Å²) in [5.74, 6) is 0.585. The van der Waals surface area contributed by atoms with E-state index < -0.39 is 0 Å². The fourth-order valence-electron chi connectivity index (χ4n) is 2.02. The molecule has 4 heteroatoms. The molecule has 0 unspecified atom stereocenters. The quantitative estimate of drug-likeness (QED) is 0.842. The minimum atomic E-state index is -0.390. The van der Waals surface area contributed by atoms with E-state index in [9.17, 15) is 4.79 Å². The van der Waals surface area contributed by atoms with Crippen molar-refractivity contribution < 1.29 is 4.79 Å². The predicted octanol–water partition coefficient (Wildman–Crippen LogP) is 3.66. The second kappa shape index (κ2) is 5.45. The van der Waals surface area contributed by atoms with Crippen LogP contribution in [0.5, 0.6) is 0 Å². The first-order valence-corrected chi connectivity index (χ1v) is 7.47. The molecule has 0 aliphatic carbocycles. The van der Waals surface area contributed by atoms with E-state index in [2.05, 4.69) is 30.7 Å². The zero-order valence-electron chi connectivity index (χ0n) is 11.9. The van der Waals surface area contributed by atoms with Crippen molar-refractivity contribution in [1.82, 2.24) is 4.98 Å². The molecule has 0 aromatic carbocycles. The Morgan fingerprint density at radius 3 is 2.58 bits per heavy atom. The normalized spacial score (nSPS) is 24.7. The van der Waals surface area contributed by atoms with Gasteiger partial charge in [-0.05, 0) is 25.0 Å². The van der Waals surface area contributed by atoms with Crippen LogP contribution in [0.1, 0.15) is 45.7 Å². The standard InChI is InChI=1S/C15H20N2OS/c1-10(2)15(4)14(18)17-13(19-15)9-11(3)12-7-5-6-8-16-12/h5-8,10-11H,9H2,1-4H3/t11-,15-/m1/s1. The number of carbonyl (C=O) groups is 1. The van der Waals surface area contributed by atoms with Gasteiger partial charge in [0.15, 0.2) is 0 Å². The van der Waals surface area contributed by atoms with E-state index in [-0.39, 0.29) is 22.5 Å². The second-order valence-corrected chi connectivity index (χ2v) is 7.06. The lowest BCUT2D eigenvalue weighted by atomic mass is 9.96. The number of aromatic nitrogens is 1. The Hall–Kier alpha value is -1.16. The van der Waals surface area contributed by atoms with Crippen LogP contribution in [0.2, 0.25) is 0 Å². The van der Waals surface area contributed by atoms with E-state index >= 15 is 0 Å². The number of carbonyl (C=O) groups excluding carboxylic acids is 1. The summed E-state index contributed by atoms with van der Waals surface area (Å²) in [5.41, 5.74) is 1.05. The van der Waals surface area contributed by atoms with Crippen LogP contribution in [0.25, 0.3) is 0 Å². The van der Waals surface area contributed by atoms with Gasteiger partial charge in [0.25, 0.3) is 5.91 Å². The van der Waals surface area contributed by atoms with Crippen molar-refractivity contribution in [1.29, 1.82) is 0 Å². The molecule has 3 nitrogen and oxygen atoms in total. The Morgan fingerprint density at radius 1 is 1.32 bits per heavy atom. The monoisotopic (exact) mass is 276 g/mol. The number of pyridine rings is 1. The maximum atomic E-state index is 12.0. The zero-order valence-corrected chi connectivity index (χ0v) is 12.7. The summed E-state index contributed by atoms with van der Waals surface area (Å²) in [6, 6.07) is 5.93. The molecule has 1 amide bonds. The van der Waals surface area contributed by atoms with Gasteiger partial charge in [-0.3, -0.25) is 9.78 Å². The van der Waals surface area contributed by atoms with Crippen LogP contribution in [-0.2, 0) is 4.79 Å². The second-order valence-electron chi connectivity index (χ2n) is 5.53. The van der Waals surface area contributed by atoms with Gasteiger partial charge in [0.05, 0.1) is 5.04 Å². The third-order valence-corrected chi connectivity index (χ3v) is 5.32. The number of aliphatic imine (C=N–C) groups is 1. The minimum absolute atomic E-state index is 0.00993. The van der Waals surface area contributed by atoms with Crippen molar-refractivity contribution in [2.45, 2.75) is 44.8 Å². The molecule has 19 heavy (non-hydrogen) atoms. The molecule has 0 radical (unpaired) electrons. The number of thioether (sulfide) groups is 1. The molecule has 102 valence electrons. The predicted molar refractivity (Wildman–Crippen MR) is 80.5 cm³/mol. The molecule has 2 atom stereocenters. The highest BCUT2D eigenvalue weighted by atomic mass is 32.2. The van der Waals surface area contributed by atoms with Crippen molar-refractivity contribution in [3.8, 4) is 0 Å². The first kappa shape index (κ1) is 14.3. The van der Waals surface area contributed by atoms with E-state index in [0.29, 0.717) is 0 Å². The Balaban J connectivity index is 2.06. The lowest BCUT2D eigenvalue weighted by Crippen LogP contribution is -2.33. The van der Waals surface area contributed by atoms with Crippen LogP contribution in [0, 0.1) is 5.92 Å². The Labute approximate surface area is 118 Å². The summed E-state index contributed by atoms with van der Waals surface area (Å²) in [6.07, 6.45) is 2.59. The van der Waals surface area contributed by atoms with Gasteiger partial charge in [0.1, 0.15) is 4.75 Å². The van der Waals surface area contributed by atoms with Crippen LogP contribution >= 0.6 is 11.8 Å². The molecule has 1 aliphatic heterocycles. The van der Waals surface area contributed by atoms with Gasteiger partial charge >= 0.3 is 0 Å². The number of hydrogen-bond acceptors (Lipinski definition) is 3. The van der Waals surface area contributed by atoms with Crippen molar-refractivity contribution in [3.05, 3.63) is 30.1 Å². The van der Waals surface area contributed by atoms with Gasteiger partial charge in [0.2, 0.25) is 0 Å². The highest BCUT2D eigenvalue weighted by Crippen LogP contribution is 2.42. The van der Waals surface area contributed by atoms with Gasteiger partial charge in [-0.1, -0.05) is 38.6 Å². The molecule has 0 fully saturated rings. The third-order valence-electron chi connectivity index (χ3n) is 3.76. The van der Waals surface area contributed by atoms with Gasteiger partial charge in [-0.15, -0.1) is 0 Å². The van der Waals surface area contributed by atoms with E-state index in [0.717, 1.165) is 17.2 Å². The summed E-state index contributed by atoms with van der Waals surface area (Å²) in [4.78, 5) is 20.6. The highest BCUT2D eigenvalue weighted by molar-refractivity contribution is 8.16. The maximum absolute atomic E-state index is 12.0. The summed E-state index contributed by atoms with van der Waals surface area (Å²) < 4.78 is -0.390. The Morgan fingerprint density at radius 2 is 2.05 bits per heavy atom. The Bertz CT molecular complexity index is 498. The fraction of sp³-hybridized carbons (Fsp3) is 0.533. The largest absolute Gasteiger partial charge is 0.271 e. The van der Waals surface area contributed by atoms with Crippen LogP contribution in [0.3, 0.4) is 0 Å². The average Bonchev–Trinajstić information content (AvgIpc) is 2.67. The first-order valence-electron chi connectivity index (χ1n) is 6.65. The van der Waals surface area contributed by atoms with Crippen LogP contribution < -0.4 is 0 Å². The topological polar surface area (TPSA) is 42.3 Å². The summed E-state index contributed by atoms with van der Waals surface area (Å²) in [6.45, 7) is 8.27. The van der Waals surface area contributed by atoms with Crippen LogP contribution in [0.4, 0.5) is 0 Å². The molecule has 1 aliphatic rings. The SMILES string of the molecule is CC(C)[C@@]1(C)SC(C[C@@H](C)c2ccccn2)=NC1=O. The number of amides is 1. The number of rotatable bonds is 4. The first-order chi connectivity index (χ1) is 8.93. The van der Waals surface area contributed by atoms with E-state index in [1.54, 1.807) is 18.0 Å². The lowest BCUT2D eigenvalue weighted by Gasteiger charge is -2.24.